The SMILES string of the molecule is O=C(Nc1ccccc1)c1ccc(N2CCCC(CCO)C2)nn1. The second kappa shape index (κ2) is 7.88. The number of hydrogen-bond acceptors (Lipinski definition) is 5. The number of benzene rings is 1. The summed E-state index contributed by atoms with van der Waals surface area (Å²) in [5.41, 5.74) is 1.03. The molecule has 126 valence electrons. The molecule has 1 fully saturated rings. The van der Waals surface area contributed by atoms with Crippen molar-refractivity contribution in [3.63, 3.8) is 0 Å². The summed E-state index contributed by atoms with van der Waals surface area (Å²) in [6.07, 6.45) is 3.05. The van der Waals surface area contributed by atoms with Gasteiger partial charge in [0.15, 0.2) is 11.5 Å². The number of carbonyl (C=O) groups excluding carboxylic acids is 1. The summed E-state index contributed by atoms with van der Waals surface area (Å²) in [5.74, 6) is 1.01. The van der Waals surface area contributed by atoms with Crippen LogP contribution in [0.2, 0.25) is 0 Å². The minimum Gasteiger partial charge on any atom is -0.396 e. The van der Waals surface area contributed by atoms with Gasteiger partial charge in [-0.25, -0.2) is 0 Å². The van der Waals surface area contributed by atoms with Crippen LogP contribution >= 0.6 is 0 Å². The Morgan fingerprint density at radius 1 is 1.21 bits per heavy atom. The van der Waals surface area contributed by atoms with Crippen LogP contribution in [0.1, 0.15) is 29.8 Å². The van der Waals surface area contributed by atoms with Crippen LogP contribution in [0.4, 0.5) is 11.5 Å². The third-order valence-electron chi connectivity index (χ3n) is 4.30. The van der Waals surface area contributed by atoms with E-state index in [1.165, 1.54) is 0 Å². The van der Waals surface area contributed by atoms with Gasteiger partial charge in [-0.05, 0) is 49.4 Å². The number of hydrogen-bond donors (Lipinski definition) is 2. The molecule has 3 rings (SSSR count). The van der Waals surface area contributed by atoms with Crippen LogP contribution in [0.3, 0.4) is 0 Å². The molecule has 1 aliphatic rings. The van der Waals surface area contributed by atoms with Crippen molar-refractivity contribution in [1.29, 1.82) is 0 Å². The standard InChI is InChI=1S/C18H22N4O2/c23-12-10-14-5-4-11-22(13-14)17-9-8-16(20-21-17)18(24)19-15-6-2-1-3-7-15/h1-3,6-9,14,23H,4-5,10-13H2,(H,19,24). The van der Waals surface area contributed by atoms with Gasteiger partial charge in [0.1, 0.15) is 0 Å². The maximum atomic E-state index is 12.2. The first-order valence-electron chi connectivity index (χ1n) is 8.32. The maximum Gasteiger partial charge on any atom is 0.276 e. The third-order valence-corrected chi connectivity index (χ3v) is 4.30. The fourth-order valence-corrected chi connectivity index (χ4v) is 3.02. The number of aliphatic hydroxyl groups excluding tert-OH is 1. The predicted molar refractivity (Wildman–Crippen MR) is 93.1 cm³/mol. The summed E-state index contributed by atoms with van der Waals surface area (Å²) in [7, 11) is 0. The highest BCUT2D eigenvalue weighted by Crippen LogP contribution is 2.23. The molecule has 2 heterocycles. The van der Waals surface area contributed by atoms with Crippen molar-refractivity contribution in [3.05, 3.63) is 48.2 Å². The number of aliphatic hydroxyl groups is 1. The maximum absolute atomic E-state index is 12.2. The Bertz CT molecular complexity index is 658. The Kier molecular flexibility index (Phi) is 5.38. The van der Waals surface area contributed by atoms with Gasteiger partial charge in [0.25, 0.3) is 5.91 Å². The van der Waals surface area contributed by atoms with Crippen LogP contribution in [0.15, 0.2) is 42.5 Å². The van der Waals surface area contributed by atoms with Crippen LogP contribution in [0.5, 0.6) is 0 Å². The molecule has 1 atom stereocenters. The molecule has 0 bridgehead atoms. The highest BCUT2D eigenvalue weighted by molar-refractivity contribution is 6.02. The lowest BCUT2D eigenvalue weighted by molar-refractivity contribution is 0.102. The molecule has 0 aliphatic carbocycles. The molecular formula is C18H22N4O2. The van der Waals surface area contributed by atoms with Crippen LogP contribution in [-0.2, 0) is 0 Å². The summed E-state index contributed by atoms with van der Waals surface area (Å²) < 4.78 is 0. The predicted octanol–water partition coefficient (Wildman–Crippen LogP) is 2.33. The van der Waals surface area contributed by atoms with E-state index in [9.17, 15) is 4.79 Å². The summed E-state index contributed by atoms with van der Waals surface area (Å²) >= 11 is 0. The van der Waals surface area contributed by atoms with E-state index in [1.54, 1.807) is 6.07 Å². The molecule has 1 unspecified atom stereocenters. The molecule has 2 aromatic rings. The topological polar surface area (TPSA) is 78.4 Å². The minimum atomic E-state index is -0.267. The first kappa shape index (κ1) is 16.4. The molecule has 1 amide bonds. The lowest BCUT2D eigenvalue weighted by atomic mass is 9.95. The highest BCUT2D eigenvalue weighted by atomic mass is 16.3. The van der Waals surface area contributed by atoms with Crippen molar-refractivity contribution in [1.82, 2.24) is 10.2 Å². The van der Waals surface area contributed by atoms with Crippen molar-refractivity contribution < 1.29 is 9.90 Å². The molecule has 1 aromatic carbocycles. The summed E-state index contributed by atoms with van der Waals surface area (Å²) in [4.78, 5) is 14.4. The molecule has 0 radical (unpaired) electrons. The molecule has 1 aliphatic heterocycles. The van der Waals surface area contributed by atoms with Crippen LogP contribution in [-0.4, -0.2) is 40.9 Å². The average Bonchev–Trinajstić information content (AvgIpc) is 2.63. The Balaban J connectivity index is 1.63. The molecule has 0 saturated carbocycles. The van der Waals surface area contributed by atoms with E-state index in [-0.39, 0.29) is 12.5 Å². The smallest absolute Gasteiger partial charge is 0.276 e. The lowest BCUT2D eigenvalue weighted by Gasteiger charge is -2.33. The lowest BCUT2D eigenvalue weighted by Crippen LogP contribution is -2.36. The van der Waals surface area contributed by atoms with E-state index in [0.717, 1.165) is 43.9 Å². The number of anilines is 2. The quantitative estimate of drug-likeness (QED) is 0.882. The highest BCUT2D eigenvalue weighted by Gasteiger charge is 2.21. The zero-order valence-corrected chi connectivity index (χ0v) is 13.6. The van der Waals surface area contributed by atoms with Gasteiger partial charge in [0.05, 0.1) is 0 Å². The second-order valence-corrected chi connectivity index (χ2v) is 6.06. The van der Waals surface area contributed by atoms with E-state index in [0.29, 0.717) is 11.6 Å². The normalized spacial score (nSPS) is 17.5. The first-order chi connectivity index (χ1) is 11.8. The van der Waals surface area contributed by atoms with Gasteiger partial charge in [0.2, 0.25) is 0 Å². The summed E-state index contributed by atoms with van der Waals surface area (Å²) in [5, 5.41) is 20.2. The first-order valence-corrected chi connectivity index (χ1v) is 8.32. The molecule has 6 heteroatoms. The second-order valence-electron chi connectivity index (χ2n) is 6.06. The third kappa shape index (κ3) is 4.08. The summed E-state index contributed by atoms with van der Waals surface area (Å²) in [6, 6.07) is 12.8. The van der Waals surface area contributed by atoms with E-state index in [2.05, 4.69) is 20.4 Å². The molecule has 1 saturated heterocycles. The fourth-order valence-electron chi connectivity index (χ4n) is 3.02. The van der Waals surface area contributed by atoms with Crippen molar-refractivity contribution >= 4 is 17.4 Å². The van der Waals surface area contributed by atoms with Crippen molar-refractivity contribution in [2.45, 2.75) is 19.3 Å². The van der Waals surface area contributed by atoms with Gasteiger partial charge in [0, 0.05) is 25.4 Å². The number of aromatic nitrogens is 2. The number of piperidine rings is 1. The Labute approximate surface area is 141 Å². The zero-order chi connectivity index (χ0) is 16.8. The summed E-state index contributed by atoms with van der Waals surface area (Å²) in [6.45, 7) is 2.04. The fraction of sp³-hybridized carbons (Fsp3) is 0.389. The number of amides is 1. The van der Waals surface area contributed by atoms with Gasteiger partial charge >= 0.3 is 0 Å². The zero-order valence-electron chi connectivity index (χ0n) is 13.6. The molecule has 6 nitrogen and oxygen atoms in total. The molecule has 0 spiro atoms. The minimum absolute atomic E-state index is 0.225. The molecular weight excluding hydrogens is 304 g/mol. The van der Waals surface area contributed by atoms with Gasteiger partial charge in [-0.1, -0.05) is 18.2 Å². The number of rotatable bonds is 5. The van der Waals surface area contributed by atoms with Crippen molar-refractivity contribution in [2.24, 2.45) is 5.92 Å². The van der Waals surface area contributed by atoms with Gasteiger partial charge in [-0.2, -0.15) is 0 Å². The number of carbonyl (C=O) groups is 1. The molecule has 2 N–H and O–H groups in total. The van der Waals surface area contributed by atoms with Gasteiger partial charge in [-0.15, -0.1) is 10.2 Å². The van der Waals surface area contributed by atoms with E-state index in [4.69, 9.17) is 5.11 Å². The Morgan fingerprint density at radius 3 is 2.75 bits per heavy atom. The van der Waals surface area contributed by atoms with Crippen molar-refractivity contribution in [2.75, 3.05) is 29.9 Å². The molecule has 24 heavy (non-hydrogen) atoms. The number of para-hydroxylation sites is 1. The Morgan fingerprint density at radius 2 is 2.04 bits per heavy atom. The number of nitrogens with zero attached hydrogens (tertiary/aromatic N) is 3. The van der Waals surface area contributed by atoms with E-state index >= 15 is 0 Å². The Hall–Kier alpha value is -2.47. The van der Waals surface area contributed by atoms with Crippen LogP contribution in [0.25, 0.3) is 0 Å². The van der Waals surface area contributed by atoms with Crippen LogP contribution < -0.4 is 10.2 Å². The van der Waals surface area contributed by atoms with E-state index < -0.39 is 0 Å². The van der Waals surface area contributed by atoms with Gasteiger partial charge in [-0.3, -0.25) is 4.79 Å². The van der Waals surface area contributed by atoms with Gasteiger partial charge < -0.3 is 15.3 Å². The van der Waals surface area contributed by atoms with Crippen molar-refractivity contribution in [3.8, 4) is 0 Å². The van der Waals surface area contributed by atoms with Crippen LogP contribution in [0, 0.1) is 5.92 Å². The average molecular weight is 326 g/mol. The monoisotopic (exact) mass is 326 g/mol. The molecule has 1 aromatic heterocycles. The largest absolute Gasteiger partial charge is 0.396 e. The number of nitrogens with one attached hydrogen (secondary N) is 1. The van der Waals surface area contributed by atoms with E-state index in [1.807, 2.05) is 36.4 Å².